The van der Waals surface area contributed by atoms with Crippen molar-refractivity contribution in [3.63, 3.8) is 0 Å². The van der Waals surface area contributed by atoms with E-state index in [2.05, 4.69) is 39.3 Å². The van der Waals surface area contributed by atoms with E-state index in [1.54, 1.807) is 19.6 Å². The molecular weight excluding hydrogens is 250 g/mol. The largest absolute Gasteiger partial charge is 0.348 e. The van der Waals surface area contributed by atoms with Gasteiger partial charge >= 0.3 is 0 Å². The van der Waals surface area contributed by atoms with Crippen LogP contribution in [0.3, 0.4) is 0 Å². The summed E-state index contributed by atoms with van der Waals surface area (Å²) in [6, 6.07) is 12.2. The summed E-state index contributed by atoms with van der Waals surface area (Å²) in [6.45, 7) is 2.09. The van der Waals surface area contributed by atoms with Gasteiger partial charge in [-0.25, -0.2) is 4.98 Å². The van der Waals surface area contributed by atoms with E-state index >= 15 is 0 Å². The lowest BCUT2D eigenvalue weighted by molar-refractivity contribution is 0.859. The van der Waals surface area contributed by atoms with E-state index in [-0.39, 0.29) is 6.04 Å². The van der Waals surface area contributed by atoms with Crippen molar-refractivity contribution in [2.45, 2.75) is 13.0 Å². The maximum absolute atomic E-state index is 4.47. The van der Waals surface area contributed by atoms with Crippen molar-refractivity contribution >= 4 is 18.1 Å². The highest BCUT2D eigenvalue weighted by Gasteiger charge is 2.07. The van der Waals surface area contributed by atoms with Crippen LogP contribution in [-0.4, -0.2) is 30.4 Å². The number of aliphatic imine (C=N–C) groups is 1. The summed E-state index contributed by atoms with van der Waals surface area (Å²) in [5, 5.41) is 3.30. The zero-order chi connectivity index (χ0) is 14.4. The van der Waals surface area contributed by atoms with Crippen LogP contribution in [0.15, 0.2) is 47.6 Å². The second-order valence-corrected chi connectivity index (χ2v) is 4.50. The van der Waals surface area contributed by atoms with Crippen molar-refractivity contribution < 1.29 is 0 Å². The number of anilines is 2. The molecule has 1 atom stereocenters. The molecule has 1 heterocycles. The molecule has 20 heavy (non-hydrogen) atoms. The highest BCUT2D eigenvalue weighted by molar-refractivity contribution is 5.76. The quantitative estimate of drug-likeness (QED) is 0.670. The zero-order valence-electron chi connectivity index (χ0n) is 12.0. The van der Waals surface area contributed by atoms with Crippen LogP contribution < -0.4 is 10.2 Å². The zero-order valence-corrected chi connectivity index (χ0v) is 12.0. The van der Waals surface area contributed by atoms with Gasteiger partial charge in [0.05, 0.1) is 12.4 Å². The predicted octanol–water partition coefficient (Wildman–Crippen LogP) is 2.74. The van der Waals surface area contributed by atoms with E-state index in [0.717, 1.165) is 5.82 Å². The van der Waals surface area contributed by atoms with Crippen LogP contribution in [-0.2, 0) is 0 Å². The van der Waals surface area contributed by atoms with Gasteiger partial charge in [-0.3, -0.25) is 4.99 Å². The number of hydrogen-bond donors (Lipinski definition) is 1. The predicted molar refractivity (Wildman–Crippen MR) is 83.3 cm³/mol. The standard InChI is InChI=1S/C15H19N5/c1-12(13-7-5-4-6-8-13)18-15-17-10-9-14(19-15)20(3)11-16-2/h4-12H,1-3H3,(H,17,18,19). The molecule has 0 saturated carbocycles. The molecule has 1 aromatic carbocycles. The van der Waals surface area contributed by atoms with Crippen molar-refractivity contribution in [1.29, 1.82) is 0 Å². The van der Waals surface area contributed by atoms with E-state index in [0.29, 0.717) is 5.95 Å². The van der Waals surface area contributed by atoms with Gasteiger partial charge in [0.25, 0.3) is 0 Å². The number of nitrogens with zero attached hydrogens (tertiary/aromatic N) is 4. The average molecular weight is 269 g/mol. The minimum absolute atomic E-state index is 0.150. The topological polar surface area (TPSA) is 53.4 Å². The van der Waals surface area contributed by atoms with Crippen LogP contribution in [0, 0.1) is 0 Å². The van der Waals surface area contributed by atoms with Gasteiger partial charge in [-0.05, 0) is 18.6 Å². The second-order valence-electron chi connectivity index (χ2n) is 4.50. The third kappa shape index (κ3) is 3.54. The SMILES string of the molecule is CN=CN(C)c1ccnc(NC(C)c2ccccc2)n1. The van der Waals surface area contributed by atoms with Crippen molar-refractivity contribution in [2.24, 2.45) is 4.99 Å². The van der Waals surface area contributed by atoms with Crippen LogP contribution in [0.2, 0.25) is 0 Å². The van der Waals surface area contributed by atoms with Crippen LogP contribution in [0.25, 0.3) is 0 Å². The molecule has 1 unspecified atom stereocenters. The minimum Gasteiger partial charge on any atom is -0.348 e. The first-order valence-electron chi connectivity index (χ1n) is 6.50. The Bertz CT molecular complexity index is 567. The lowest BCUT2D eigenvalue weighted by Gasteiger charge is -2.16. The van der Waals surface area contributed by atoms with Gasteiger partial charge in [-0.2, -0.15) is 4.98 Å². The van der Waals surface area contributed by atoms with E-state index in [1.807, 2.05) is 36.2 Å². The molecule has 0 spiro atoms. The molecule has 0 aliphatic rings. The molecule has 0 saturated heterocycles. The fraction of sp³-hybridized carbons (Fsp3) is 0.267. The van der Waals surface area contributed by atoms with Crippen LogP contribution in [0.1, 0.15) is 18.5 Å². The van der Waals surface area contributed by atoms with Gasteiger partial charge in [0, 0.05) is 20.3 Å². The van der Waals surface area contributed by atoms with Crippen molar-refractivity contribution in [1.82, 2.24) is 9.97 Å². The normalized spacial score (nSPS) is 12.3. The van der Waals surface area contributed by atoms with Gasteiger partial charge in [0.2, 0.25) is 5.95 Å². The minimum atomic E-state index is 0.150. The monoisotopic (exact) mass is 269 g/mol. The van der Waals surface area contributed by atoms with Gasteiger partial charge in [0.1, 0.15) is 5.82 Å². The lowest BCUT2D eigenvalue weighted by Crippen LogP contribution is -2.17. The smallest absolute Gasteiger partial charge is 0.225 e. The first kappa shape index (κ1) is 14.0. The Morgan fingerprint density at radius 3 is 2.70 bits per heavy atom. The summed E-state index contributed by atoms with van der Waals surface area (Å²) < 4.78 is 0. The van der Waals surface area contributed by atoms with Crippen LogP contribution in [0.4, 0.5) is 11.8 Å². The molecule has 2 rings (SSSR count). The number of benzene rings is 1. The summed E-state index contributed by atoms with van der Waals surface area (Å²) in [6.07, 6.45) is 3.45. The van der Waals surface area contributed by atoms with Gasteiger partial charge in [-0.15, -0.1) is 0 Å². The first-order valence-corrected chi connectivity index (χ1v) is 6.50. The van der Waals surface area contributed by atoms with E-state index in [1.165, 1.54) is 5.56 Å². The Morgan fingerprint density at radius 1 is 1.25 bits per heavy atom. The van der Waals surface area contributed by atoms with Gasteiger partial charge in [-0.1, -0.05) is 30.3 Å². The van der Waals surface area contributed by atoms with Crippen molar-refractivity contribution in [3.05, 3.63) is 48.2 Å². The lowest BCUT2D eigenvalue weighted by atomic mass is 10.1. The summed E-state index contributed by atoms with van der Waals surface area (Å²) in [7, 11) is 3.63. The molecule has 104 valence electrons. The molecule has 5 heteroatoms. The maximum Gasteiger partial charge on any atom is 0.225 e. The molecule has 0 bridgehead atoms. The molecule has 5 nitrogen and oxygen atoms in total. The van der Waals surface area contributed by atoms with Crippen molar-refractivity contribution in [2.75, 3.05) is 24.3 Å². The molecule has 0 aliphatic heterocycles. The summed E-state index contributed by atoms with van der Waals surface area (Å²) in [5.41, 5.74) is 1.20. The number of rotatable bonds is 5. The third-order valence-electron chi connectivity index (χ3n) is 2.94. The molecule has 0 amide bonds. The Labute approximate surface area is 119 Å². The van der Waals surface area contributed by atoms with E-state index < -0.39 is 0 Å². The molecule has 0 aliphatic carbocycles. The molecule has 0 radical (unpaired) electrons. The fourth-order valence-electron chi connectivity index (χ4n) is 1.87. The number of hydrogen-bond acceptors (Lipinski definition) is 4. The van der Waals surface area contributed by atoms with Crippen LogP contribution in [0.5, 0.6) is 0 Å². The number of aromatic nitrogens is 2. The van der Waals surface area contributed by atoms with Crippen LogP contribution >= 0.6 is 0 Å². The molecule has 2 aromatic rings. The Kier molecular flexibility index (Phi) is 4.65. The summed E-state index contributed by atoms with van der Waals surface area (Å²) >= 11 is 0. The average Bonchev–Trinajstić information content (AvgIpc) is 2.48. The molecule has 1 aromatic heterocycles. The molecular formula is C15H19N5. The van der Waals surface area contributed by atoms with E-state index in [9.17, 15) is 0 Å². The third-order valence-corrected chi connectivity index (χ3v) is 2.94. The Balaban J connectivity index is 2.12. The highest BCUT2D eigenvalue weighted by atomic mass is 15.2. The van der Waals surface area contributed by atoms with E-state index in [4.69, 9.17) is 0 Å². The summed E-state index contributed by atoms with van der Waals surface area (Å²) in [4.78, 5) is 14.5. The molecule has 1 N–H and O–H groups in total. The fourth-order valence-corrected chi connectivity index (χ4v) is 1.87. The molecule has 0 fully saturated rings. The van der Waals surface area contributed by atoms with Gasteiger partial charge < -0.3 is 10.2 Å². The number of nitrogens with one attached hydrogen (secondary N) is 1. The first-order chi connectivity index (χ1) is 9.70. The Hall–Kier alpha value is -2.43. The Morgan fingerprint density at radius 2 is 2.00 bits per heavy atom. The second kappa shape index (κ2) is 6.65. The summed E-state index contributed by atoms with van der Waals surface area (Å²) in [5.74, 6) is 1.41. The van der Waals surface area contributed by atoms with Crippen molar-refractivity contribution in [3.8, 4) is 0 Å². The maximum atomic E-state index is 4.47. The highest BCUT2D eigenvalue weighted by Crippen LogP contribution is 2.17. The van der Waals surface area contributed by atoms with Gasteiger partial charge in [0.15, 0.2) is 0 Å².